The lowest BCUT2D eigenvalue weighted by molar-refractivity contribution is -0.148. The van der Waals surface area contributed by atoms with E-state index in [1.165, 1.54) is 35.0 Å². The first-order chi connectivity index (χ1) is 18.4. The van der Waals surface area contributed by atoms with Crippen molar-refractivity contribution in [2.75, 3.05) is 11.9 Å². The zero-order valence-electron chi connectivity index (χ0n) is 22.8. The minimum Gasteiger partial charge on any atom is -0.457 e. The Morgan fingerprint density at radius 2 is 2.05 bits per heavy atom. The van der Waals surface area contributed by atoms with Crippen LogP contribution in [0.4, 0.5) is 5.69 Å². The molecule has 2 aromatic heterocycles. The van der Waals surface area contributed by atoms with Gasteiger partial charge in [0.05, 0.1) is 0 Å². The van der Waals surface area contributed by atoms with E-state index in [2.05, 4.69) is 21.1 Å². The van der Waals surface area contributed by atoms with Gasteiger partial charge in [-0.25, -0.2) is 4.79 Å². The van der Waals surface area contributed by atoms with Crippen molar-refractivity contribution in [2.24, 2.45) is 5.92 Å². The van der Waals surface area contributed by atoms with Gasteiger partial charge < -0.3 is 29.8 Å². The summed E-state index contributed by atoms with van der Waals surface area (Å²) in [6.45, 7) is 9.16. The number of amides is 3. The molecule has 0 radical (unpaired) electrons. The number of carbonyl (C=O) groups excluding carboxylic acids is 4. The maximum atomic E-state index is 13.4. The molecule has 0 aliphatic carbocycles. The van der Waals surface area contributed by atoms with Crippen LogP contribution in [0.3, 0.4) is 0 Å². The minimum atomic E-state index is -0.918. The number of ether oxygens (including phenoxy) is 1. The Kier molecular flexibility index (Phi) is 9.44. The fraction of sp³-hybridized carbons (Fsp3) is 0.481. The number of rotatable bonds is 10. The van der Waals surface area contributed by atoms with E-state index in [0.717, 1.165) is 0 Å². The van der Waals surface area contributed by atoms with E-state index < -0.39 is 41.0 Å². The van der Waals surface area contributed by atoms with E-state index in [9.17, 15) is 24.0 Å². The number of nitrogens with zero attached hydrogens (tertiary/aromatic N) is 2. The Labute approximate surface area is 226 Å². The van der Waals surface area contributed by atoms with Crippen molar-refractivity contribution < 1.29 is 28.4 Å². The normalized spacial score (nSPS) is 16.9. The monoisotopic (exact) mass is 541 g/mol. The van der Waals surface area contributed by atoms with Crippen LogP contribution in [0, 0.1) is 12.8 Å². The van der Waals surface area contributed by atoms with E-state index in [1.807, 2.05) is 0 Å². The van der Waals surface area contributed by atoms with Gasteiger partial charge in [0.2, 0.25) is 11.8 Å². The van der Waals surface area contributed by atoms with Crippen LogP contribution in [0.2, 0.25) is 0 Å². The highest BCUT2D eigenvalue weighted by atomic mass is 16.6. The van der Waals surface area contributed by atoms with Gasteiger partial charge in [0.15, 0.2) is 5.69 Å². The van der Waals surface area contributed by atoms with Crippen molar-refractivity contribution in [3.05, 3.63) is 58.4 Å². The van der Waals surface area contributed by atoms with Crippen molar-refractivity contribution >= 4 is 29.4 Å². The van der Waals surface area contributed by atoms with Crippen LogP contribution in [0.5, 0.6) is 0 Å². The SMILES string of the molecule is CC[C@H](C(=O)N[C@H](/C=C/C(=O)OC(C)(C)C)C[C@@H]1CCNC1=O)n1cccc(NC(=O)c2cc(C)on2)c1=O. The number of aromatic nitrogens is 2. The third-order valence-corrected chi connectivity index (χ3v) is 6.01. The predicted molar refractivity (Wildman–Crippen MR) is 142 cm³/mol. The Morgan fingerprint density at radius 1 is 1.31 bits per heavy atom. The van der Waals surface area contributed by atoms with Crippen LogP contribution in [0.1, 0.15) is 69.2 Å². The zero-order valence-corrected chi connectivity index (χ0v) is 22.8. The largest absolute Gasteiger partial charge is 0.457 e. The number of anilines is 1. The summed E-state index contributed by atoms with van der Waals surface area (Å²) in [7, 11) is 0. The molecule has 3 heterocycles. The lowest BCUT2D eigenvalue weighted by Gasteiger charge is -2.23. The molecule has 1 fully saturated rings. The van der Waals surface area contributed by atoms with Crippen LogP contribution in [-0.2, 0) is 19.1 Å². The fourth-order valence-corrected chi connectivity index (χ4v) is 4.19. The Balaban J connectivity index is 1.79. The second-order valence-corrected chi connectivity index (χ2v) is 10.4. The van der Waals surface area contributed by atoms with E-state index in [0.29, 0.717) is 18.7 Å². The van der Waals surface area contributed by atoms with Gasteiger partial charge in [0, 0.05) is 36.8 Å². The second kappa shape index (κ2) is 12.5. The summed E-state index contributed by atoms with van der Waals surface area (Å²) in [6, 6.07) is 2.83. The minimum absolute atomic E-state index is 0.0163. The molecule has 3 rings (SSSR count). The average Bonchev–Trinajstić information content (AvgIpc) is 3.47. The van der Waals surface area contributed by atoms with Gasteiger partial charge in [-0.05, 0) is 59.1 Å². The van der Waals surface area contributed by atoms with Gasteiger partial charge in [-0.2, -0.15) is 0 Å². The maximum absolute atomic E-state index is 13.4. The lowest BCUT2D eigenvalue weighted by atomic mass is 9.97. The zero-order chi connectivity index (χ0) is 28.7. The molecular formula is C27H35N5O7. The van der Waals surface area contributed by atoms with Crippen LogP contribution < -0.4 is 21.5 Å². The third-order valence-electron chi connectivity index (χ3n) is 6.01. The van der Waals surface area contributed by atoms with Gasteiger partial charge in [-0.15, -0.1) is 0 Å². The highest BCUT2D eigenvalue weighted by molar-refractivity contribution is 6.02. The van der Waals surface area contributed by atoms with E-state index in [1.54, 1.807) is 40.7 Å². The summed E-state index contributed by atoms with van der Waals surface area (Å²) in [5.74, 6) is -1.69. The molecule has 3 N–H and O–H groups in total. The molecule has 1 aliphatic heterocycles. The molecule has 3 atom stereocenters. The molecular weight excluding hydrogens is 506 g/mol. The Bertz CT molecular complexity index is 1300. The summed E-state index contributed by atoms with van der Waals surface area (Å²) in [6.07, 6.45) is 5.34. The number of aryl methyl sites for hydroxylation is 1. The number of hydrogen-bond donors (Lipinski definition) is 3. The Hall–Kier alpha value is -4.22. The molecule has 0 saturated carbocycles. The van der Waals surface area contributed by atoms with Crippen LogP contribution in [-0.4, -0.2) is 51.6 Å². The summed E-state index contributed by atoms with van der Waals surface area (Å²) in [4.78, 5) is 63.5. The van der Waals surface area contributed by atoms with E-state index in [-0.39, 0.29) is 36.0 Å². The quantitative estimate of drug-likeness (QED) is 0.305. The molecule has 1 aliphatic rings. The molecule has 12 heteroatoms. The first-order valence-corrected chi connectivity index (χ1v) is 12.8. The van der Waals surface area contributed by atoms with Crippen molar-refractivity contribution in [3.63, 3.8) is 0 Å². The van der Waals surface area contributed by atoms with E-state index in [4.69, 9.17) is 9.26 Å². The molecule has 3 amide bonds. The van der Waals surface area contributed by atoms with Gasteiger partial charge in [0.1, 0.15) is 23.1 Å². The molecule has 2 aromatic rings. The lowest BCUT2D eigenvalue weighted by Crippen LogP contribution is -2.43. The summed E-state index contributed by atoms with van der Waals surface area (Å²) >= 11 is 0. The molecule has 210 valence electrons. The highest BCUT2D eigenvalue weighted by Crippen LogP contribution is 2.19. The van der Waals surface area contributed by atoms with Crippen LogP contribution in [0.15, 0.2) is 45.9 Å². The number of carbonyl (C=O) groups is 4. The first kappa shape index (κ1) is 29.3. The van der Waals surface area contributed by atoms with Crippen molar-refractivity contribution in [1.29, 1.82) is 0 Å². The molecule has 0 spiro atoms. The molecule has 0 aromatic carbocycles. The smallest absolute Gasteiger partial charge is 0.331 e. The number of nitrogens with one attached hydrogen (secondary N) is 3. The summed E-state index contributed by atoms with van der Waals surface area (Å²) in [5.41, 5.74) is -1.28. The van der Waals surface area contributed by atoms with Crippen molar-refractivity contribution in [2.45, 2.75) is 71.6 Å². The summed E-state index contributed by atoms with van der Waals surface area (Å²) in [5, 5.41) is 11.8. The number of pyridine rings is 1. The molecule has 39 heavy (non-hydrogen) atoms. The second-order valence-electron chi connectivity index (χ2n) is 10.4. The van der Waals surface area contributed by atoms with Gasteiger partial charge >= 0.3 is 5.97 Å². The van der Waals surface area contributed by atoms with Crippen molar-refractivity contribution in [1.82, 2.24) is 20.4 Å². The Morgan fingerprint density at radius 3 is 2.64 bits per heavy atom. The van der Waals surface area contributed by atoms with Gasteiger partial charge in [-0.3, -0.25) is 19.2 Å². The number of hydrogen-bond acceptors (Lipinski definition) is 8. The molecule has 0 unspecified atom stereocenters. The topological polar surface area (TPSA) is 162 Å². The maximum Gasteiger partial charge on any atom is 0.331 e. The van der Waals surface area contributed by atoms with Crippen LogP contribution in [0.25, 0.3) is 0 Å². The van der Waals surface area contributed by atoms with Gasteiger partial charge in [-0.1, -0.05) is 18.2 Å². The first-order valence-electron chi connectivity index (χ1n) is 12.8. The van der Waals surface area contributed by atoms with E-state index >= 15 is 0 Å². The van der Waals surface area contributed by atoms with Gasteiger partial charge in [0.25, 0.3) is 11.5 Å². The van der Waals surface area contributed by atoms with Crippen molar-refractivity contribution in [3.8, 4) is 0 Å². The van der Waals surface area contributed by atoms with Crippen LogP contribution >= 0.6 is 0 Å². The molecule has 0 bridgehead atoms. The average molecular weight is 542 g/mol. The summed E-state index contributed by atoms with van der Waals surface area (Å²) < 4.78 is 11.4. The molecule has 1 saturated heterocycles. The molecule has 12 nitrogen and oxygen atoms in total. The predicted octanol–water partition coefficient (Wildman–Crippen LogP) is 2.26. The standard InChI is InChI=1S/C27H35N5O7/c1-6-21(32-13-7-8-19(26(32)37)30-24(35)20-14-16(2)39-31-20)25(36)29-18(15-17-11-12-28-23(17)34)9-10-22(33)38-27(3,4)5/h7-10,13-14,17-18,21H,6,11-12,15H2,1-5H3,(H,28,34)(H,29,36)(H,30,35)/b10-9+/t17-,18+,21+/m0/s1. The number of esters is 1. The highest BCUT2D eigenvalue weighted by Gasteiger charge is 2.29. The fourth-order valence-electron chi connectivity index (χ4n) is 4.19. The third kappa shape index (κ3) is 8.13.